The molecular formula is C11H24O2. The molecule has 0 radical (unpaired) electrons. The first-order chi connectivity index (χ1) is 6.41. The summed E-state index contributed by atoms with van der Waals surface area (Å²) in [5.74, 6) is 0. The van der Waals surface area contributed by atoms with Crippen molar-refractivity contribution in [2.24, 2.45) is 0 Å². The lowest BCUT2D eigenvalue weighted by Crippen LogP contribution is -1.97. The fourth-order valence-corrected chi connectivity index (χ4v) is 1.18. The van der Waals surface area contributed by atoms with Gasteiger partial charge in [-0.2, -0.15) is 0 Å². The second kappa shape index (κ2) is 11.9. The minimum absolute atomic E-state index is 0.885. The number of rotatable bonds is 10. The molecule has 2 heteroatoms. The fourth-order valence-electron chi connectivity index (χ4n) is 1.18. The van der Waals surface area contributed by atoms with Gasteiger partial charge in [-0.1, -0.05) is 19.8 Å². The lowest BCUT2D eigenvalue weighted by atomic mass is 10.2. The van der Waals surface area contributed by atoms with E-state index < -0.39 is 0 Å². The highest BCUT2D eigenvalue weighted by Gasteiger charge is 1.90. The number of unbranched alkanes of at least 4 members (excludes halogenated alkanes) is 4. The second-order valence-electron chi connectivity index (χ2n) is 3.37. The molecule has 0 unspecified atom stereocenters. The van der Waals surface area contributed by atoms with Crippen molar-refractivity contribution in [3.63, 3.8) is 0 Å². The first-order valence-corrected chi connectivity index (χ1v) is 5.48. The molecule has 0 fully saturated rings. The topological polar surface area (TPSA) is 18.5 Å². The maximum absolute atomic E-state index is 5.48. The molecule has 0 aromatic carbocycles. The van der Waals surface area contributed by atoms with E-state index in [0.29, 0.717) is 0 Å². The summed E-state index contributed by atoms with van der Waals surface area (Å²) >= 11 is 0. The predicted molar refractivity (Wildman–Crippen MR) is 56.1 cm³/mol. The van der Waals surface area contributed by atoms with E-state index in [1.807, 2.05) is 0 Å². The Morgan fingerprint density at radius 2 is 1.38 bits per heavy atom. The molecule has 0 N–H and O–H groups in total. The molecule has 2 nitrogen and oxygen atoms in total. The van der Waals surface area contributed by atoms with Crippen LogP contribution in [0.1, 0.15) is 45.4 Å². The molecule has 0 heterocycles. The van der Waals surface area contributed by atoms with E-state index in [2.05, 4.69) is 6.92 Å². The summed E-state index contributed by atoms with van der Waals surface area (Å²) in [6, 6.07) is 0. The largest absolute Gasteiger partial charge is 0.385 e. The molecule has 0 saturated heterocycles. The smallest absolute Gasteiger partial charge is 0.0466 e. The summed E-state index contributed by atoms with van der Waals surface area (Å²) in [6.45, 7) is 4.96. The zero-order valence-corrected chi connectivity index (χ0v) is 9.18. The van der Waals surface area contributed by atoms with E-state index in [0.717, 1.165) is 26.2 Å². The van der Waals surface area contributed by atoms with Crippen LogP contribution in [0.3, 0.4) is 0 Å². The van der Waals surface area contributed by atoms with Gasteiger partial charge < -0.3 is 9.47 Å². The molecule has 0 amide bonds. The van der Waals surface area contributed by atoms with Crippen molar-refractivity contribution in [1.29, 1.82) is 0 Å². The van der Waals surface area contributed by atoms with Gasteiger partial charge in [-0.3, -0.25) is 0 Å². The first-order valence-electron chi connectivity index (χ1n) is 5.48. The van der Waals surface area contributed by atoms with E-state index in [4.69, 9.17) is 9.47 Å². The molecular weight excluding hydrogens is 164 g/mol. The Morgan fingerprint density at radius 3 is 2.00 bits per heavy atom. The van der Waals surface area contributed by atoms with Crippen molar-refractivity contribution < 1.29 is 9.47 Å². The van der Waals surface area contributed by atoms with Gasteiger partial charge in [0.25, 0.3) is 0 Å². The highest BCUT2D eigenvalue weighted by Crippen LogP contribution is 1.98. The molecule has 0 aromatic rings. The average molecular weight is 188 g/mol. The van der Waals surface area contributed by atoms with Crippen LogP contribution in [0.2, 0.25) is 0 Å². The van der Waals surface area contributed by atoms with Crippen LogP contribution < -0.4 is 0 Å². The van der Waals surface area contributed by atoms with E-state index in [-0.39, 0.29) is 0 Å². The van der Waals surface area contributed by atoms with Crippen molar-refractivity contribution in [2.75, 3.05) is 26.9 Å². The standard InChI is InChI=1S/C11H24O2/c1-3-4-6-10-13-11-8-5-7-9-12-2/h3-11H2,1-2H3. The summed E-state index contributed by atoms with van der Waals surface area (Å²) < 4.78 is 10.4. The van der Waals surface area contributed by atoms with Gasteiger partial charge in [0.15, 0.2) is 0 Å². The van der Waals surface area contributed by atoms with Crippen LogP contribution in [0, 0.1) is 0 Å². The van der Waals surface area contributed by atoms with Crippen LogP contribution in [-0.4, -0.2) is 26.9 Å². The maximum Gasteiger partial charge on any atom is 0.0466 e. The Labute approximate surface area is 82.6 Å². The van der Waals surface area contributed by atoms with Gasteiger partial charge in [-0.25, -0.2) is 0 Å². The molecule has 0 aliphatic rings. The molecule has 0 bridgehead atoms. The quantitative estimate of drug-likeness (QED) is 0.491. The van der Waals surface area contributed by atoms with Gasteiger partial charge in [-0.05, 0) is 25.7 Å². The summed E-state index contributed by atoms with van der Waals surface area (Å²) in [4.78, 5) is 0. The van der Waals surface area contributed by atoms with Gasteiger partial charge in [0.05, 0.1) is 0 Å². The van der Waals surface area contributed by atoms with Gasteiger partial charge >= 0.3 is 0 Å². The van der Waals surface area contributed by atoms with Crippen molar-refractivity contribution in [3.05, 3.63) is 0 Å². The molecule has 0 saturated carbocycles. The lowest BCUT2D eigenvalue weighted by Gasteiger charge is -2.03. The third kappa shape index (κ3) is 11.9. The number of hydrogen-bond acceptors (Lipinski definition) is 2. The third-order valence-corrected chi connectivity index (χ3v) is 2.03. The van der Waals surface area contributed by atoms with Gasteiger partial charge in [-0.15, -0.1) is 0 Å². The molecule has 13 heavy (non-hydrogen) atoms. The van der Waals surface area contributed by atoms with Crippen LogP contribution in [0.4, 0.5) is 0 Å². The van der Waals surface area contributed by atoms with Gasteiger partial charge in [0.1, 0.15) is 0 Å². The highest BCUT2D eigenvalue weighted by atomic mass is 16.5. The average Bonchev–Trinajstić information content (AvgIpc) is 2.16. The van der Waals surface area contributed by atoms with E-state index in [9.17, 15) is 0 Å². The molecule has 0 rings (SSSR count). The van der Waals surface area contributed by atoms with Crippen LogP contribution in [0.5, 0.6) is 0 Å². The molecule has 0 spiro atoms. The highest BCUT2D eigenvalue weighted by molar-refractivity contribution is 4.41. The van der Waals surface area contributed by atoms with E-state index in [1.54, 1.807) is 7.11 Å². The SMILES string of the molecule is CCCCCOCCCCCOC. The normalized spacial score (nSPS) is 10.6. The fraction of sp³-hybridized carbons (Fsp3) is 1.00. The van der Waals surface area contributed by atoms with Crippen molar-refractivity contribution >= 4 is 0 Å². The summed E-state index contributed by atoms with van der Waals surface area (Å²) in [6.07, 6.45) is 7.35. The molecule has 0 aromatic heterocycles. The third-order valence-electron chi connectivity index (χ3n) is 2.03. The Morgan fingerprint density at radius 1 is 0.769 bits per heavy atom. The lowest BCUT2D eigenvalue weighted by molar-refractivity contribution is 0.122. The molecule has 0 aliphatic carbocycles. The van der Waals surface area contributed by atoms with Crippen LogP contribution in [-0.2, 0) is 9.47 Å². The van der Waals surface area contributed by atoms with E-state index in [1.165, 1.54) is 32.1 Å². The number of ether oxygens (including phenoxy) is 2. The summed E-state index contributed by atoms with van der Waals surface area (Å²) in [5.41, 5.74) is 0. The number of methoxy groups -OCH3 is 1. The second-order valence-corrected chi connectivity index (χ2v) is 3.37. The summed E-state index contributed by atoms with van der Waals surface area (Å²) in [7, 11) is 1.75. The predicted octanol–water partition coefficient (Wildman–Crippen LogP) is 3.01. The Balaban J connectivity index is 2.76. The monoisotopic (exact) mass is 188 g/mol. The van der Waals surface area contributed by atoms with E-state index >= 15 is 0 Å². The maximum atomic E-state index is 5.48. The van der Waals surface area contributed by atoms with Gasteiger partial charge in [0.2, 0.25) is 0 Å². The van der Waals surface area contributed by atoms with Crippen LogP contribution in [0.25, 0.3) is 0 Å². The molecule has 0 aliphatic heterocycles. The van der Waals surface area contributed by atoms with Crippen molar-refractivity contribution in [2.45, 2.75) is 45.4 Å². The Bertz CT molecular complexity index is 74.2. The zero-order chi connectivity index (χ0) is 9.78. The van der Waals surface area contributed by atoms with Gasteiger partial charge in [0, 0.05) is 26.9 Å². The van der Waals surface area contributed by atoms with Crippen molar-refractivity contribution in [3.8, 4) is 0 Å². The number of hydrogen-bond donors (Lipinski definition) is 0. The molecule has 80 valence electrons. The Hall–Kier alpha value is -0.0800. The van der Waals surface area contributed by atoms with Crippen molar-refractivity contribution in [1.82, 2.24) is 0 Å². The van der Waals surface area contributed by atoms with Crippen LogP contribution >= 0.6 is 0 Å². The zero-order valence-electron chi connectivity index (χ0n) is 9.18. The minimum Gasteiger partial charge on any atom is -0.385 e. The van der Waals surface area contributed by atoms with Crippen LogP contribution in [0.15, 0.2) is 0 Å². The first kappa shape index (κ1) is 12.9. The minimum atomic E-state index is 0.885. The Kier molecular flexibility index (Phi) is 11.8. The summed E-state index contributed by atoms with van der Waals surface area (Å²) in [5, 5.41) is 0. The molecule has 0 atom stereocenters.